The lowest BCUT2D eigenvalue weighted by atomic mass is 9.97. The molecule has 156 valence electrons. The number of hydrogen-bond acceptors (Lipinski definition) is 4. The molecular weight excluding hydrogens is 378 g/mol. The minimum absolute atomic E-state index is 0.0339. The molecule has 2 aromatic carbocycles. The van der Waals surface area contributed by atoms with Gasteiger partial charge in [-0.2, -0.15) is 5.06 Å². The fourth-order valence-corrected chi connectivity index (χ4v) is 9.80. The third kappa shape index (κ3) is 3.82. The summed E-state index contributed by atoms with van der Waals surface area (Å²) in [6, 6.07) is 21.9. The Hall–Kier alpha value is -1.50. The van der Waals surface area contributed by atoms with Crippen molar-refractivity contribution in [1.82, 2.24) is 5.06 Å². The highest BCUT2D eigenvalue weighted by Crippen LogP contribution is 2.40. The molecule has 0 saturated carbocycles. The highest BCUT2D eigenvalue weighted by molar-refractivity contribution is 6.99. The second kappa shape index (κ2) is 8.32. The summed E-state index contributed by atoms with van der Waals surface area (Å²) in [4.78, 5) is 5.98. The highest BCUT2D eigenvalue weighted by Gasteiger charge is 2.53. The van der Waals surface area contributed by atoms with E-state index in [2.05, 4.69) is 86.5 Å². The molecule has 0 aromatic heterocycles. The molecule has 0 amide bonds. The summed E-state index contributed by atoms with van der Waals surface area (Å²) >= 11 is 0. The summed E-state index contributed by atoms with van der Waals surface area (Å²) in [6.45, 7) is 7.95. The molecule has 2 aliphatic rings. The number of aliphatic hydroxyl groups excluding tert-OH is 1. The van der Waals surface area contributed by atoms with Gasteiger partial charge in [-0.15, -0.1) is 0 Å². The molecule has 0 bridgehead atoms. The van der Waals surface area contributed by atoms with Crippen LogP contribution in [0.3, 0.4) is 0 Å². The molecule has 2 saturated heterocycles. The smallest absolute Gasteiger partial charge is 0.261 e. The number of aliphatic hydroxyl groups is 1. The SMILES string of the molecule is CC(C)(C)[Si](O[C@H]1CCCN2O[C@H](CO)C[C@@H]12)(c1ccccc1)c1ccccc1. The maximum atomic E-state index is 9.63. The Bertz CT molecular complexity index is 753. The molecule has 5 heteroatoms. The van der Waals surface area contributed by atoms with Gasteiger partial charge in [-0.05, 0) is 34.7 Å². The first-order valence-electron chi connectivity index (χ1n) is 10.8. The van der Waals surface area contributed by atoms with Gasteiger partial charge < -0.3 is 9.53 Å². The van der Waals surface area contributed by atoms with Crippen LogP contribution in [0.4, 0.5) is 0 Å². The maximum Gasteiger partial charge on any atom is 0.261 e. The molecule has 2 aliphatic heterocycles. The minimum atomic E-state index is -2.57. The van der Waals surface area contributed by atoms with E-state index < -0.39 is 8.32 Å². The van der Waals surface area contributed by atoms with Crippen LogP contribution in [0.25, 0.3) is 0 Å². The van der Waals surface area contributed by atoms with E-state index in [1.54, 1.807) is 0 Å². The van der Waals surface area contributed by atoms with Gasteiger partial charge in [0.1, 0.15) is 6.10 Å². The Morgan fingerprint density at radius 1 is 1.03 bits per heavy atom. The Balaban J connectivity index is 1.79. The minimum Gasteiger partial charge on any atom is -0.403 e. The molecule has 29 heavy (non-hydrogen) atoms. The molecule has 2 aromatic rings. The van der Waals surface area contributed by atoms with Crippen molar-refractivity contribution >= 4 is 18.7 Å². The molecule has 0 radical (unpaired) electrons. The summed E-state index contributed by atoms with van der Waals surface area (Å²) in [7, 11) is -2.57. The quantitative estimate of drug-likeness (QED) is 0.768. The van der Waals surface area contributed by atoms with E-state index in [4.69, 9.17) is 9.26 Å². The van der Waals surface area contributed by atoms with E-state index in [0.29, 0.717) is 0 Å². The molecule has 1 N–H and O–H groups in total. The molecule has 0 spiro atoms. The number of piperidine rings is 1. The average Bonchev–Trinajstić information content (AvgIpc) is 3.16. The number of rotatable bonds is 5. The van der Waals surface area contributed by atoms with Crippen LogP contribution in [0.15, 0.2) is 60.7 Å². The largest absolute Gasteiger partial charge is 0.403 e. The Morgan fingerprint density at radius 2 is 1.62 bits per heavy atom. The second-order valence-electron chi connectivity index (χ2n) is 9.32. The second-order valence-corrected chi connectivity index (χ2v) is 13.6. The van der Waals surface area contributed by atoms with Crippen molar-refractivity contribution < 1.29 is 14.4 Å². The standard InChI is InChI=1S/C24H33NO3Si/c1-24(2,3)29(20-11-6-4-7-12-20,21-13-8-5-9-14-21)28-23-15-10-16-25-22(23)17-19(18-26)27-25/h4-9,11-14,19,22-23,26H,10,15-18H2,1-3H3/t19-,22-,23-/m0/s1. The van der Waals surface area contributed by atoms with Crippen molar-refractivity contribution in [3.8, 4) is 0 Å². The van der Waals surface area contributed by atoms with Crippen molar-refractivity contribution in [2.75, 3.05) is 13.2 Å². The molecule has 4 nitrogen and oxygen atoms in total. The van der Waals surface area contributed by atoms with Crippen LogP contribution in [0.1, 0.15) is 40.0 Å². The van der Waals surface area contributed by atoms with Crippen molar-refractivity contribution in [2.45, 2.75) is 63.3 Å². The van der Waals surface area contributed by atoms with Gasteiger partial charge in [-0.3, -0.25) is 4.84 Å². The first kappa shape index (κ1) is 20.8. The molecule has 0 unspecified atom stereocenters. The van der Waals surface area contributed by atoms with Gasteiger partial charge in [0.25, 0.3) is 8.32 Å². The highest BCUT2D eigenvalue weighted by atomic mass is 28.4. The van der Waals surface area contributed by atoms with E-state index in [9.17, 15) is 5.11 Å². The average molecular weight is 412 g/mol. The van der Waals surface area contributed by atoms with Gasteiger partial charge >= 0.3 is 0 Å². The number of hydroxylamine groups is 2. The zero-order valence-electron chi connectivity index (χ0n) is 17.8. The van der Waals surface area contributed by atoms with Crippen LogP contribution in [0.5, 0.6) is 0 Å². The molecule has 2 fully saturated rings. The van der Waals surface area contributed by atoms with Gasteiger partial charge in [0.2, 0.25) is 0 Å². The van der Waals surface area contributed by atoms with Crippen molar-refractivity contribution in [3.05, 3.63) is 60.7 Å². The summed E-state index contributed by atoms with van der Waals surface area (Å²) in [5, 5.41) is 14.3. The summed E-state index contributed by atoms with van der Waals surface area (Å²) in [5.74, 6) is 0. The van der Waals surface area contributed by atoms with Crippen LogP contribution < -0.4 is 10.4 Å². The fraction of sp³-hybridized carbons (Fsp3) is 0.500. The number of benzene rings is 2. The molecule has 2 heterocycles. The van der Waals surface area contributed by atoms with E-state index in [1.165, 1.54) is 10.4 Å². The van der Waals surface area contributed by atoms with Gasteiger partial charge in [0, 0.05) is 6.54 Å². The lowest BCUT2D eigenvalue weighted by Crippen LogP contribution is -2.69. The van der Waals surface area contributed by atoms with E-state index >= 15 is 0 Å². The van der Waals surface area contributed by atoms with Gasteiger partial charge in [-0.1, -0.05) is 81.4 Å². The fourth-order valence-electron chi connectivity index (χ4n) is 5.06. The monoisotopic (exact) mass is 411 g/mol. The van der Waals surface area contributed by atoms with Crippen LogP contribution >= 0.6 is 0 Å². The molecular formula is C24H33NO3Si. The maximum absolute atomic E-state index is 9.63. The van der Waals surface area contributed by atoms with E-state index in [0.717, 1.165) is 25.8 Å². The Morgan fingerprint density at radius 3 is 2.14 bits per heavy atom. The lowest BCUT2D eigenvalue weighted by molar-refractivity contribution is -0.192. The Kier molecular flexibility index (Phi) is 5.96. The number of hydrogen-bond donors (Lipinski definition) is 1. The van der Waals surface area contributed by atoms with Crippen LogP contribution in [-0.4, -0.2) is 49.9 Å². The molecule has 3 atom stereocenters. The topological polar surface area (TPSA) is 41.9 Å². The lowest BCUT2D eigenvalue weighted by Gasteiger charge is -2.48. The van der Waals surface area contributed by atoms with Gasteiger partial charge in [-0.25, -0.2) is 0 Å². The summed E-state index contributed by atoms with van der Waals surface area (Å²) < 4.78 is 7.36. The zero-order valence-corrected chi connectivity index (χ0v) is 18.8. The summed E-state index contributed by atoms with van der Waals surface area (Å²) in [6.07, 6.45) is 2.92. The Labute approximate surface area is 175 Å². The first-order chi connectivity index (χ1) is 14.0. The molecule has 0 aliphatic carbocycles. The van der Waals surface area contributed by atoms with E-state index in [1.807, 2.05) is 0 Å². The van der Waals surface area contributed by atoms with Gasteiger partial charge in [0.15, 0.2) is 0 Å². The zero-order chi connectivity index (χ0) is 20.5. The van der Waals surface area contributed by atoms with Crippen molar-refractivity contribution in [1.29, 1.82) is 0 Å². The first-order valence-corrected chi connectivity index (χ1v) is 12.7. The van der Waals surface area contributed by atoms with Crippen molar-refractivity contribution in [2.24, 2.45) is 0 Å². The van der Waals surface area contributed by atoms with Crippen LogP contribution in [0, 0.1) is 0 Å². The van der Waals surface area contributed by atoms with E-state index in [-0.39, 0.29) is 29.9 Å². The predicted molar refractivity (Wildman–Crippen MR) is 119 cm³/mol. The third-order valence-corrected chi connectivity index (χ3v) is 11.5. The van der Waals surface area contributed by atoms with Crippen molar-refractivity contribution in [3.63, 3.8) is 0 Å². The molecule has 4 rings (SSSR count). The normalized spacial score (nSPS) is 25.7. The third-order valence-electron chi connectivity index (χ3n) is 6.40. The number of fused-ring (bicyclic) bond motifs is 1. The van der Waals surface area contributed by atoms with Crippen LogP contribution in [-0.2, 0) is 9.26 Å². The predicted octanol–water partition coefficient (Wildman–Crippen LogP) is 3.09. The van der Waals surface area contributed by atoms with Crippen LogP contribution in [0.2, 0.25) is 5.04 Å². The number of nitrogens with zero attached hydrogens (tertiary/aromatic N) is 1. The van der Waals surface area contributed by atoms with Gasteiger partial charge in [0.05, 0.1) is 18.8 Å². The summed E-state index contributed by atoms with van der Waals surface area (Å²) in [5.41, 5.74) is 0.